The first-order valence-corrected chi connectivity index (χ1v) is 10.8. The second kappa shape index (κ2) is 10.5. The number of ether oxygens (including phenoxy) is 1. The van der Waals surface area contributed by atoms with Gasteiger partial charge in [0.2, 0.25) is 0 Å². The minimum atomic E-state index is -0.274. The maximum atomic E-state index is 12.9. The number of methoxy groups -OCH3 is 1. The van der Waals surface area contributed by atoms with Crippen molar-refractivity contribution in [1.29, 1.82) is 0 Å². The van der Waals surface area contributed by atoms with Gasteiger partial charge in [0.1, 0.15) is 0 Å². The first-order valence-electron chi connectivity index (χ1n) is 10.8. The Morgan fingerprint density at radius 1 is 0.966 bits per heavy atom. The zero-order valence-corrected chi connectivity index (χ0v) is 18.7. The Labute approximate surface area is 174 Å². The Balaban J connectivity index is 1.91. The number of carbonyl (C=O) groups excluding carboxylic acids is 1. The van der Waals surface area contributed by atoms with Gasteiger partial charge in [-0.2, -0.15) is 0 Å². The van der Waals surface area contributed by atoms with Crippen molar-refractivity contribution >= 4 is 17.1 Å². The molecule has 0 radical (unpaired) electrons. The van der Waals surface area contributed by atoms with Crippen molar-refractivity contribution in [3.05, 3.63) is 34.7 Å². The van der Waals surface area contributed by atoms with E-state index in [0.29, 0.717) is 6.54 Å². The van der Waals surface area contributed by atoms with Crippen LogP contribution in [0.25, 0.3) is 11.0 Å². The second-order valence-electron chi connectivity index (χ2n) is 8.63. The van der Waals surface area contributed by atoms with Gasteiger partial charge in [0.05, 0.1) is 18.1 Å². The van der Waals surface area contributed by atoms with Crippen LogP contribution in [0.3, 0.4) is 0 Å². The number of rotatable bonds is 10. The molecule has 0 atom stereocenters. The van der Waals surface area contributed by atoms with Crippen molar-refractivity contribution in [3.63, 3.8) is 0 Å². The molecule has 0 saturated heterocycles. The fourth-order valence-electron chi connectivity index (χ4n) is 3.73. The van der Waals surface area contributed by atoms with Gasteiger partial charge in [-0.15, -0.1) is 0 Å². The Hall–Kier alpha value is -2.24. The molecule has 162 valence electrons. The van der Waals surface area contributed by atoms with Crippen molar-refractivity contribution in [1.82, 2.24) is 14.0 Å². The molecular formula is C23H37N3O3. The normalized spacial score (nSPS) is 11.8. The number of para-hydroxylation sites is 2. The smallest absolute Gasteiger partial charge is 0.409 e. The quantitative estimate of drug-likeness (QED) is 0.523. The van der Waals surface area contributed by atoms with E-state index in [1.54, 1.807) is 4.90 Å². The molecule has 0 aliphatic rings. The van der Waals surface area contributed by atoms with Crippen LogP contribution in [0.2, 0.25) is 0 Å². The third kappa shape index (κ3) is 5.87. The highest BCUT2D eigenvalue weighted by molar-refractivity contribution is 5.76. The van der Waals surface area contributed by atoms with E-state index in [4.69, 9.17) is 4.74 Å². The lowest BCUT2D eigenvalue weighted by molar-refractivity contribution is 0.0825. The van der Waals surface area contributed by atoms with Gasteiger partial charge in [0.25, 0.3) is 0 Å². The standard InChI is InChI=1S/C23H37N3O3/c1-6-7-16-24-19-14-10-11-15-20(19)25(21(24)27)17-12-8-9-13-18-26(22(28)29-5)23(2,3)4/h10-11,14-15H,6-9,12-13,16-18H2,1-5H3. The molecule has 6 nitrogen and oxygen atoms in total. The number of benzene rings is 1. The average Bonchev–Trinajstić information content (AvgIpc) is 2.95. The summed E-state index contributed by atoms with van der Waals surface area (Å²) in [6.45, 7) is 10.4. The first-order chi connectivity index (χ1) is 13.8. The molecule has 0 unspecified atom stereocenters. The summed E-state index contributed by atoms with van der Waals surface area (Å²) in [6, 6.07) is 8.07. The topological polar surface area (TPSA) is 56.5 Å². The highest BCUT2D eigenvalue weighted by Gasteiger charge is 2.26. The molecule has 0 bridgehead atoms. The van der Waals surface area contributed by atoms with Gasteiger partial charge in [-0.3, -0.25) is 9.13 Å². The molecule has 1 heterocycles. The molecule has 0 spiro atoms. The fourth-order valence-corrected chi connectivity index (χ4v) is 3.73. The summed E-state index contributed by atoms with van der Waals surface area (Å²) in [5.74, 6) is 0. The fraction of sp³-hybridized carbons (Fsp3) is 0.652. The molecule has 1 aromatic heterocycles. The van der Waals surface area contributed by atoms with E-state index in [0.717, 1.165) is 62.6 Å². The predicted molar refractivity (Wildman–Crippen MR) is 118 cm³/mol. The minimum Gasteiger partial charge on any atom is -0.453 e. The van der Waals surface area contributed by atoms with Gasteiger partial charge in [-0.25, -0.2) is 9.59 Å². The van der Waals surface area contributed by atoms with Crippen molar-refractivity contribution in [3.8, 4) is 0 Å². The van der Waals surface area contributed by atoms with Crippen LogP contribution in [0.4, 0.5) is 4.79 Å². The highest BCUT2D eigenvalue weighted by Crippen LogP contribution is 2.17. The van der Waals surface area contributed by atoms with Crippen LogP contribution >= 0.6 is 0 Å². The zero-order chi connectivity index (χ0) is 21.4. The minimum absolute atomic E-state index is 0.101. The van der Waals surface area contributed by atoms with Crippen LogP contribution in [0.15, 0.2) is 29.1 Å². The van der Waals surface area contributed by atoms with Gasteiger partial charge in [-0.05, 0) is 52.2 Å². The molecule has 1 amide bonds. The number of hydrogen-bond acceptors (Lipinski definition) is 3. The second-order valence-corrected chi connectivity index (χ2v) is 8.63. The average molecular weight is 404 g/mol. The van der Waals surface area contributed by atoms with Gasteiger partial charge in [-0.1, -0.05) is 38.3 Å². The number of hydrogen-bond donors (Lipinski definition) is 0. The summed E-state index contributed by atoms with van der Waals surface area (Å²) >= 11 is 0. The molecule has 0 aliphatic carbocycles. The first kappa shape index (κ1) is 23.0. The Bertz CT molecular complexity index is 845. The summed E-state index contributed by atoms with van der Waals surface area (Å²) in [6.07, 6.45) is 5.74. The SMILES string of the molecule is CCCCn1c(=O)n(CCCCCCN(C(=O)OC)C(C)(C)C)c2ccccc21. The van der Waals surface area contributed by atoms with Gasteiger partial charge < -0.3 is 9.64 Å². The molecule has 29 heavy (non-hydrogen) atoms. The molecule has 0 fully saturated rings. The van der Waals surface area contributed by atoms with E-state index in [1.165, 1.54) is 7.11 Å². The number of carbonyl (C=O) groups is 1. The van der Waals surface area contributed by atoms with Crippen LogP contribution in [-0.4, -0.2) is 39.3 Å². The monoisotopic (exact) mass is 403 g/mol. The largest absolute Gasteiger partial charge is 0.453 e. The summed E-state index contributed by atoms with van der Waals surface area (Å²) in [5, 5.41) is 0. The zero-order valence-electron chi connectivity index (χ0n) is 18.7. The lowest BCUT2D eigenvalue weighted by atomic mass is 10.1. The van der Waals surface area contributed by atoms with E-state index in [1.807, 2.05) is 54.2 Å². The summed E-state index contributed by atoms with van der Waals surface area (Å²) in [7, 11) is 1.43. The third-order valence-electron chi connectivity index (χ3n) is 5.38. The predicted octanol–water partition coefficient (Wildman–Crippen LogP) is 5.03. The molecule has 0 aliphatic heterocycles. The Kier molecular flexibility index (Phi) is 8.35. The third-order valence-corrected chi connectivity index (χ3v) is 5.38. The summed E-state index contributed by atoms with van der Waals surface area (Å²) < 4.78 is 8.74. The van der Waals surface area contributed by atoms with Crippen molar-refractivity contribution in [2.24, 2.45) is 0 Å². The highest BCUT2D eigenvalue weighted by atomic mass is 16.5. The number of fused-ring (bicyclic) bond motifs is 1. The molecule has 6 heteroatoms. The van der Waals surface area contributed by atoms with Crippen LogP contribution in [0.1, 0.15) is 66.2 Å². The van der Waals surface area contributed by atoms with E-state index >= 15 is 0 Å². The van der Waals surface area contributed by atoms with E-state index in [2.05, 4.69) is 6.92 Å². The van der Waals surface area contributed by atoms with Gasteiger partial charge >= 0.3 is 11.8 Å². The van der Waals surface area contributed by atoms with Crippen LogP contribution < -0.4 is 5.69 Å². The maximum Gasteiger partial charge on any atom is 0.409 e. The lowest BCUT2D eigenvalue weighted by Crippen LogP contribution is -2.46. The Morgan fingerprint density at radius 3 is 2.03 bits per heavy atom. The van der Waals surface area contributed by atoms with Crippen molar-refractivity contribution in [2.45, 2.75) is 84.8 Å². The van der Waals surface area contributed by atoms with Crippen LogP contribution in [0.5, 0.6) is 0 Å². The molecule has 0 N–H and O–H groups in total. The van der Waals surface area contributed by atoms with E-state index in [9.17, 15) is 9.59 Å². The molecule has 2 aromatic rings. The van der Waals surface area contributed by atoms with E-state index < -0.39 is 0 Å². The molecule has 2 rings (SSSR count). The summed E-state index contributed by atoms with van der Waals surface area (Å²) in [5.41, 5.74) is 1.91. The van der Waals surface area contributed by atoms with Crippen LogP contribution in [-0.2, 0) is 17.8 Å². The number of aryl methyl sites for hydroxylation is 2. The van der Waals surface area contributed by atoms with E-state index in [-0.39, 0.29) is 17.3 Å². The molecular weight excluding hydrogens is 366 g/mol. The summed E-state index contributed by atoms with van der Waals surface area (Å²) in [4.78, 5) is 26.6. The lowest BCUT2D eigenvalue weighted by Gasteiger charge is -2.34. The van der Waals surface area contributed by atoms with Crippen molar-refractivity contribution < 1.29 is 9.53 Å². The number of aromatic nitrogens is 2. The number of unbranched alkanes of at least 4 members (excludes halogenated alkanes) is 4. The maximum absolute atomic E-state index is 12.9. The van der Waals surface area contributed by atoms with Crippen molar-refractivity contribution in [2.75, 3.05) is 13.7 Å². The molecule has 0 saturated carbocycles. The number of nitrogens with zero attached hydrogens (tertiary/aromatic N) is 3. The number of amides is 1. The van der Waals surface area contributed by atoms with Gasteiger partial charge in [0, 0.05) is 25.2 Å². The molecule has 1 aromatic carbocycles. The Morgan fingerprint density at radius 2 is 1.52 bits per heavy atom. The van der Waals surface area contributed by atoms with Crippen LogP contribution in [0, 0.1) is 0 Å². The van der Waals surface area contributed by atoms with Gasteiger partial charge in [0.15, 0.2) is 0 Å². The number of imidazole rings is 1.